The molecule has 150 valence electrons. The molecule has 0 bridgehead atoms. The number of nitrogens with zero attached hydrogens (tertiary/aromatic N) is 3. The fourth-order valence-electron chi connectivity index (χ4n) is 2.92. The highest BCUT2D eigenvalue weighted by atomic mass is 16.5. The van der Waals surface area contributed by atoms with Gasteiger partial charge in [-0.3, -0.25) is 14.4 Å². The summed E-state index contributed by atoms with van der Waals surface area (Å²) in [5, 5.41) is 0. The van der Waals surface area contributed by atoms with E-state index in [1.165, 1.54) is 24.1 Å². The van der Waals surface area contributed by atoms with Crippen molar-refractivity contribution >= 4 is 29.4 Å². The fraction of sp³-hybridized carbons (Fsp3) is 0.238. The van der Waals surface area contributed by atoms with Gasteiger partial charge in [-0.05, 0) is 36.8 Å². The molecule has 0 atom stereocenters. The average Bonchev–Trinajstić information content (AvgIpc) is 2.93. The second-order valence-electron chi connectivity index (χ2n) is 6.75. The Kier molecular flexibility index (Phi) is 5.63. The van der Waals surface area contributed by atoms with Gasteiger partial charge in [0.15, 0.2) is 0 Å². The number of benzene rings is 2. The minimum Gasteiger partial charge on any atom is -0.497 e. The van der Waals surface area contributed by atoms with Gasteiger partial charge in [-0.15, -0.1) is 0 Å². The summed E-state index contributed by atoms with van der Waals surface area (Å²) >= 11 is 0. The van der Waals surface area contributed by atoms with Gasteiger partial charge in [0.1, 0.15) is 12.3 Å². The quantitative estimate of drug-likeness (QED) is 0.551. The number of carbonyl (C=O) groups excluding carboxylic acids is 4. The lowest BCUT2D eigenvalue weighted by atomic mass is 10.1. The lowest BCUT2D eigenvalue weighted by Gasteiger charge is -2.20. The van der Waals surface area contributed by atoms with Gasteiger partial charge in [0.25, 0.3) is 0 Å². The van der Waals surface area contributed by atoms with Gasteiger partial charge < -0.3 is 9.64 Å². The van der Waals surface area contributed by atoms with Crippen LogP contribution in [0.15, 0.2) is 48.5 Å². The Morgan fingerprint density at radius 2 is 1.59 bits per heavy atom. The summed E-state index contributed by atoms with van der Waals surface area (Å²) in [6, 6.07) is 13.0. The summed E-state index contributed by atoms with van der Waals surface area (Å²) in [6.45, 7) is 1.79. The Balaban J connectivity index is 1.70. The van der Waals surface area contributed by atoms with Gasteiger partial charge in [-0.2, -0.15) is 0 Å². The van der Waals surface area contributed by atoms with Gasteiger partial charge in [0, 0.05) is 13.6 Å². The van der Waals surface area contributed by atoms with E-state index in [1.807, 2.05) is 31.2 Å². The number of aryl methyl sites for hydroxylation is 1. The number of anilines is 1. The second kappa shape index (κ2) is 8.14. The maximum absolute atomic E-state index is 12.6. The molecule has 3 rings (SSSR count). The first kappa shape index (κ1) is 20.1. The van der Waals surface area contributed by atoms with Crippen LogP contribution < -0.4 is 9.64 Å². The minimum absolute atomic E-state index is 0.233. The lowest BCUT2D eigenvalue weighted by molar-refractivity contribution is -0.142. The number of urea groups is 1. The van der Waals surface area contributed by atoms with Crippen molar-refractivity contribution in [2.75, 3.05) is 25.6 Å². The number of ether oxygens (including phenoxy) is 1. The fourth-order valence-corrected chi connectivity index (χ4v) is 2.92. The molecule has 1 aliphatic heterocycles. The predicted molar refractivity (Wildman–Crippen MR) is 105 cm³/mol. The van der Waals surface area contributed by atoms with Crippen LogP contribution in [0.5, 0.6) is 5.75 Å². The molecule has 1 aliphatic rings. The Morgan fingerprint density at radius 1 is 0.966 bits per heavy atom. The van der Waals surface area contributed by atoms with Crippen molar-refractivity contribution in [3.63, 3.8) is 0 Å². The first-order valence-electron chi connectivity index (χ1n) is 8.95. The molecule has 2 aromatic rings. The van der Waals surface area contributed by atoms with Crippen LogP contribution >= 0.6 is 0 Å². The van der Waals surface area contributed by atoms with Gasteiger partial charge in [-0.1, -0.05) is 29.8 Å². The van der Waals surface area contributed by atoms with E-state index in [9.17, 15) is 19.2 Å². The molecule has 5 amide bonds. The zero-order valence-corrected chi connectivity index (χ0v) is 16.4. The van der Waals surface area contributed by atoms with E-state index in [4.69, 9.17) is 4.74 Å². The Bertz CT molecular complexity index is 953. The van der Waals surface area contributed by atoms with Gasteiger partial charge in [0.05, 0.1) is 12.8 Å². The smallest absolute Gasteiger partial charge is 0.339 e. The summed E-state index contributed by atoms with van der Waals surface area (Å²) in [7, 11) is 3.07. The molecule has 0 aliphatic carbocycles. The number of methoxy groups -OCH3 is 1. The molecule has 8 heteroatoms. The van der Waals surface area contributed by atoms with E-state index in [1.54, 1.807) is 19.2 Å². The third-order valence-electron chi connectivity index (χ3n) is 4.64. The number of carbonyl (C=O) groups is 4. The van der Waals surface area contributed by atoms with Crippen LogP contribution in [0.4, 0.5) is 10.5 Å². The highest BCUT2D eigenvalue weighted by Gasteiger charge is 2.46. The van der Waals surface area contributed by atoms with Crippen LogP contribution in [0, 0.1) is 6.92 Å². The third-order valence-corrected chi connectivity index (χ3v) is 4.64. The normalized spacial score (nSPS) is 13.8. The standard InChI is InChI=1S/C21H21N3O5/c1-14-4-6-15(7-5-14)12-22(2)18(25)13-23-19(26)20(27)24(21(23)28)16-8-10-17(29-3)11-9-16/h4-11H,12-13H2,1-3H3. The molecule has 1 fully saturated rings. The molecule has 0 saturated carbocycles. The van der Waals surface area contributed by atoms with Crippen LogP contribution in [-0.2, 0) is 20.9 Å². The Hall–Kier alpha value is -3.68. The summed E-state index contributed by atoms with van der Waals surface area (Å²) in [5.41, 5.74) is 2.26. The van der Waals surface area contributed by atoms with Gasteiger partial charge >= 0.3 is 17.8 Å². The molecule has 1 heterocycles. The molecule has 8 nitrogen and oxygen atoms in total. The molecule has 0 unspecified atom stereocenters. The first-order chi connectivity index (χ1) is 13.8. The van der Waals surface area contributed by atoms with Crippen LogP contribution in [0.1, 0.15) is 11.1 Å². The van der Waals surface area contributed by atoms with Crippen molar-refractivity contribution in [3.05, 3.63) is 59.7 Å². The molecule has 0 spiro atoms. The molecule has 0 radical (unpaired) electrons. The van der Waals surface area contributed by atoms with Crippen molar-refractivity contribution in [1.29, 1.82) is 0 Å². The molecular formula is C21H21N3O5. The van der Waals surface area contributed by atoms with E-state index in [0.717, 1.165) is 16.0 Å². The van der Waals surface area contributed by atoms with E-state index in [2.05, 4.69) is 0 Å². The van der Waals surface area contributed by atoms with Crippen molar-refractivity contribution in [3.8, 4) is 5.75 Å². The zero-order valence-electron chi connectivity index (χ0n) is 16.4. The average molecular weight is 395 g/mol. The molecule has 0 aromatic heterocycles. The molecular weight excluding hydrogens is 374 g/mol. The topological polar surface area (TPSA) is 87.2 Å². The minimum atomic E-state index is -1.03. The van der Waals surface area contributed by atoms with Gasteiger partial charge in [0.2, 0.25) is 5.91 Å². The third kappa shape index (κ3) is 4.11. The van der Waals surface area contributed by atoms with Crippen LogP contribution in [-0.4, -0.2) is 54.3 Å². The van der Waals surface area contributed by atoms with Crippen molar-refractivity contribution in [2.45, 2.75) is 13.5 Å². The Morgan fingerprint density at radius 3 is 2.17 bits per heavy atom. The number of hydrogen-bond acceptors (Lipinski definition) is 5. The van der Waals surface area contributed by atoms with Crippen molar-refractivity contribution in [1.82, 2.24) is 9.80 Å². The first-order valence-corrected chi connectivity index (χ1v) is 8.95. The largest absolute Gasteiger partial charge is 0.497 e. The zero-order chi connectivity index (χ0) is 21.1. The predicted octanol–water partition coefficient (Wildman–Crippen LogP) is 1.96. The SMILES string of the molecule is COc1ccc(N2C(=O)C(=O)N(CC(=O)N(C)Cc3ccc(C)cc3)C2=O)cc1. The van der Waals surface area contributed by atoms with E-state index in [-0.39, 0.29) is 5.69 Å². The molecule has 0 N–H and O–H groups in total. The molecule has 1 saturated heterocycles. The number of imide groups is 2. The number of likely N-dealkylation sites (N-methyl/N-ethyl adjacent to an activating group) is 1. The summed E-state index contributed by atoms with van der Waals surface area (Å²) < 4.78 is 5.05. The summed E-state index contributed by atoms with van der Waals surface area (Å²) in [5.74, 6) is -1.92. The van der Waals surface area contributed by atoms with E-state index in [0.29, 0.717) is 17.2 Å². The van der Waals surface area contributed by atoms with Crippen LogP contribution in [0.2, 0.25) is 0 Å². The molecule has 2 aromatic carbocycles. The molecule has 29 heavy (non-hydrogen) atoms. The van der Waals surface area contributed by atoms with E-state index < -0.39 is 30.3 Å². The monoisotopic (exact) mass is 395 g/mol. The summed E-state index contributed by atoms with van der Waals surface area (Å²) in [4.78, 5) is 52.6. The summed E-state index contributed by atoms with van der Waals surface area (Å²) in [6.07, 6.45) is 0. The van der Waals surface area contributed by atoms with Crippen molar-refractivity contribution < 1.29 is 23.9 Å². The number of hydrogen-bond donors (Lipinski definition) is 0. The second-order valence-corrected chi connectivity index (χ2v) is 6.75. The van der Waals surface area contributed by atoms with Gasteiger partial charge in [-0.25, -0.2) is 14.6 Å². The number of rotatable bonds is 6. The Labute approximate surface area is 168 Å². The highest BCUT2D eigenvalue weighted by Crippen LogP contribution is 2.24. The van der Waals surface area contributed by atoms with Crippen LogP contribution in [0.25, 0.3) is 0 Å². The maximum atomic E-state index is 12.6. The number of amides is 5. The van der Waals surface area contributed by atoms with Crippen LogP contribution in [0.3, 0.4) is 0 Å². The maximum Gasteiger partial charge on any atom is 0.339 e. The van der Waals surface area contributed by atoms with Crippen molar-refractivity contribution in [2.24, 2.45) is 0 Å². The highest BCUT2D eigenvalue weighted by molar-refractivity contribution is 6.53. The lowest BCUT2D eigenvalue weighted by Crippen LogP contribution is -2.42. The van der Waals surface area contributed by atoms with E-state index >= 15 is 0 Å².